The summed E-state index contributed by atoms with van der Waals surface area (Å²) in [7, 11) is 0. The molecule has 2 aromatic carbocycles. The van der Waals surface area contributed by atoms with Crippen LogP contribution in [-0.2, 0) is 22.6 Å². The highest BCUT2D eigenvalue weighted by Crippen LogP contribution is 2.44. The molecule has 3 aromatic rings. The fourth-order valence-electron chi connectivity index (χ4n) is 4.71. The number of aryl methyl sites for hydroxylation is 1. The number of hydrogen-bond acceptors (Lipinski definition) is 4. The van der Waals surface area contributed by atoms with Gasteiger partial charge in [-0.25, -0.2) is 9.59 Å². The van der Waals surface area contributed by atoms with Gasteiger partial charge in [0.25, 0.3) is 0 Å². The molecule has 0 bridgehead atoms. The molecular formula is C24H23N3O4. The molecule has 1 aliphatic carbocycles. The molecule has 0 fully saturated rings. The third-order valence-corrected chi connectivity index (χ3v) is 6.05. The van der Waals surface area contributed by atoms with E-state index in [2.05, 4.69) is 29.4 Å². The fraction of sp³-hybridized carbons (Fsp3) is 0.292. The van der Waals surface area contributed by atoms with E-state index < -0.39 is 18.1 Å². The lowest BCUT2D eigenvalue weighted by Gasteiger charge is -2.23. The number of carbonyl (C=O) groups is 2. The monoisotopic (exact) mass is 417 g/mol. The minimum Gasteiger partial charge on any atom is -0.479 e. The smallest absolute Gasteiger partial charge is 0.411 e. The van der Waals surface area contributed by atoms with Crippen molar-refractivity contribution in [2.24, 2.45) is 0 Å². The number of benzene rings is 2. The lowest BCUT2D eigenvalue weighted by molar-refractivity contribution is -0.142. The van der Waals surface area contributed by atoms with Crippen molar-refractivity contribution in [3.63, 3.8) is 0 Å². The summed E-state index contributed by atoms with van der Waals surface area (Å²) in [6, 6.07) is 15.1. The summed E-state index contributed by atoms with van der Waals surface area (Å²) in [5.74, 6) is -1.15. The van der Waals surface area contributed by atoms with E-state index in [1.54, 1.807) is 10.9 Å². The summed E-state index contributed by atoms with van der Waals surface area (Å²) in [6.07, 6.45) is 2.00. The third kappa shape index (κ3) is 3.17. The van der Waals surface area contributed by atoms with Crippen LogP contribution in [0.25, 0.3) is 11.1 Å². The molecule has 1 aromatic heterocycles. The molecule has 31 heavy (non-hydrogen) atoms. The number of aromatic nitrogens is 2. The van der Waals surface area contributed by atoms with Crippen molar-refractivity contribution in [2.45, 2.75) is 38.4 Å². The number of carboxylic acid groups (broad SMARTS) is 1. The van der Waals surface area contributed by atoms with E-state index in [1.165, 1.54) is 4.90 Å². The Morgan fingerprint density at radius 2 is 1.71 bits per heavy atom. The van der Waals surface area contributed by atoms with Gasteiger partial charge in [-0.3, -0.25) is 9.58 Å². The van der Waals surface area contributed by atoms with E-state index >= 15 is 0 Å². The number of fused-ring (bicyclic) bond motifs is 4. The quantitative estimate of drug-likeness (QED) is 0.673. The summed E-state index contributed by atoms with van der Waals surface area (Å²) in [6.45, 7) is 3.04. The van der Waals surface area contributed by atoms with Crippen molar-refractivity contribution in [3.05, 3.63) is 77.1 Å². The van der Waals surface area contributed by atoms with Gasteiger partial charge in [0.15, 0.2) is 6.04 Å². The average molecular weight is 417 g/mol. The van der Waals surface area contributed by atoms with Crippen LogP contribution in [0.2, 0.25) is 0 Å². The highest BCUT2D eigenvalue weighted by molar-refractivity contribution is 5.83. The van der Waals surface area contributed by atoms with Crippen molar-refractivity contribution < 1.29 is 19.4 Å². The molecule has 0 spiro atoms. The van der Waals surface area contributed by atoms with Gasteiger partial charge >= 0.3 is 12.1 Å². The molecule has 1 N–H and O–H groups in total. The highest BCUT2D eigenvalue weighted by atomic mass is 16.6. The molecule has 0 saturated carbocycles. The molecular weight excluding hydrogens is 394 g/mol. The Kier molecular flexibility index (Phi) is 4.73. The highest BCUT2D eigenvalue weighted by Gasteiger charge is 2.42. The first-order valence-corrected chi connectivity index (χ1v) is 10.5. The lowest BCUT2D eigenvalue weighted by Crippen LogP contribution is -2.35. The summed E-state index contributed by atoms with van der Waals surface area (Å²) < 4.78 is 7.42. The van der Waals surface area contributed by atoms with Crippen LogP contribution in [0.1, 0.15) is 47.7 Å². The van der Waals surface area contributed by atoms with Crippen LogP contribution in [0.3, 0.4) is 0 Å². The normalized spacial score (nSPS) is 16.7. The molecule has 158 valence electrons. The number of aliphatic carboxylic acids is 1. The standard InChI is InChI=1S/C24H23N3O4/c1-2-11-26-12-19-21(25-26)13-27(22(19)23(28)29)24(30)31-14-20-17-9-5-3-7-15(17)16-8-4-6-10-18(16)20/h3-10,12,20,22H,2,11,13-14H2,1H3,(H,28,29). The molecule has 1 unspecified atom stereocenters. The van der Waals surface area contributed by atoms with E-state index in [-0.39, 0.29) is 19.1 Å². The van der Waals surface area contributed by atoms with Gasteiger partial charge in [0.05, 0.1) is 12.2 Å². The predicted octanol–water partition coefficient (Wildman–Crippen LogP) is 4.18. The van der Waals surface area contributed by atoms with Gasteiger partial charge in [-0.05, 0) is 28.7 Å². The Bertz CT molecular complexity index is 1120. The van der Waals surface area contributed by atoms with E-state index in [0.717, 1.165) is 28.7 Å². The van der Waals surface area contributed by atoms with Gasteiger partial charge in [-0.15, -0.1) is 0 Å². The van der Waals surface area contributed by atoms with Crippen molar-refractivity contribution in [2.75, 3.05) is 6.61 Å². The number of ether oxygens (including phenoxy) is 1. The zero-order valence-electron chi connectivity index (χ0n) is 17.2. The maximum atomic E-state index is 12.9. The van der Waals surface area contributed by atoms with E-state index in [9.17, 15) is 14.7 Å². The first kappa shape index (κ1) is 19.4. The zero-order valence-corrected chi connectivity index (χ0v) is 17.2. The number of carboxylic acids is 1. The second-order valence-electron chi connectivity index (χ2n) is 7.97. The molecule has 5 rings (SSSR count). The van der Waals surface area contributed by atoms with Gasteiger partial charge in [0.2, 0.25) is 0 Å². The lowest BCUT2D eigenvalue weighted by atomic mass is 9.98. The molecule has 1 atom stereocenters. The number of rotatable bonds is 5. The second kappa shape index (κ2) is 7.58. The SMILES string of the molecule is CCCn1cc2c(n1)CN(C(=O)OCC1c3ccccc3-c3ccccc31)C2C(=O)O. The van der Waals surface area contributed by atoms with E-state index in [4.69, 9.17) is 4.74 Å². The number of amides is 1. The zero-order chi connectivity index (χ0) is 21.5. The molecule has 2 aliphatic rings. The van der Waals surface area contributed by atoms with Crippen LogP contribution in [0, 0.1) is 0 Å². The minimum absolute atomic E-state index is 0.0710. The molecule has 0 radical (unpaired) electrons. The van der Waals surface area contributed by atoms with Gasteiger partial charge < -0.3 is 9.84 Å². The maximum Gasteiger partial charge on any atom is 0.411 e. The Hall–Kier alpha value is -3.61. The third-order valence-electron chi connectivity index (χ3n) is 6.05. The van der Waals surface area contributed by atoms with Crippen molar-refractivity contribution in [1.82, 2.24) is 14.7 Å². The summed E-state index contributed by atoms with van der Waals surface area (Å²) in [5.41, 5.74) is 5.71. The van der Waals surface area contributed by atoms with Crippen LogP contribution in [-0.4, -0.2) is 38.5 Å². The molecule has 0 saturated heterocycles. The predicted molar refractivity (Wildman–Crippen MR) is 114 cm³/mol. The summed E-state index contributed by atoms with van der Waals surface area (Å²) >= 11 is 0. The summed E-state index contributed by atoms with van der Waals surface area (Å²) in [4.78, 5) is 26.1. The van der Waals surface area contributed by atoms with Crippen LogP contribution in [0.4, 0.5) is 4.79 Å². The van der Waals surface area contributed by atoms with Crippen LogP contribution in [0.5, 0.6) is 0 Å². The Morgan fingerprint density at radius 3 is 2.32 bits per heavy atom. The Balaban J connectivity index is 1.35. The van der Waals surface area contributed by atoms with Crippen LogP contribution in [0.15, 0.2) is 54.7 Å². The van der Waals surface area contributed by atoms with Gasteiger partial charge in [-0.2, -0.15) is 5.10 Å². The fourth-order valence-corrected chi connectivity index (χ4v) is 4.71. The van der Waals surface area contributed by atoms with Gasteiger partial charge in [0, 0.05) is 24.2 Å². The topological polar surface area (TPSA) is 84.7 Å². The number of carbonyl (C=O) groups excluding carboxylic acids is 1. The largest absolute Gasteiger partial charge is 0.479 e. The first-order chi connectivity index (χ1) is 15.1. The number of nitrogens with zero attached hydrogens (tertiary/aromatic N) is 3. The number of hydrogen-bond donors (Lipinski definition) is 1. The van der Waals surface area contributed by atoms with Gasteiger partial charge in [0.1, 0.15) is 6.61 Å². The average Bonchev–Trinajstić information content (AvgIpc) is 3.41. The van der Waals surface area contributed by atoms with Crippen LogP contribution < -0.4 is 0 Å². The van der Waals surface area contributed by atoms with E-state index in [0.29, 0.717) is 17.8 Å². The molecule has 7 nitrogen and oxygen atoms in total. The molecule has 1 amide bonds. The maximum absolute atomic E-state index is 12.9. The Morgan fingerprint density at radius 1 is 1.06 bits per heavy atom. The first-order valence-electron chi connectivity index (χ1n) is 10.5. The molecule has 1 aliphatic heterocycles. The second-order valence-corrected chi connectivity index (χ2v) is 7.97. The molecule has 2 heterocycles. The van der Waals surface area contributed by atoms with Crippen molar-refractivity contribution in [3.8, 4) is 11.1 Å². The molecule has 7 heteroatoms. The van der Waals surface area contributed by atoms with Gasteiger partial charge in [-0.1, -0.05) is 55.5 Å². The van der Waals surface area contributed by atoms with Crippen molar-refractivity contribution in [1.29, 1.82) is 0 Å². The van der Waals surface area contributed by atoms with E-state index in [1.807, 2.05) is 31.2 Å². The Labute approximate surface area is 179 Å². The van der Waals surface area contributed by atoms with Crippen LogP contribution >= 0.6 is 0 Å². The summed E-state index contributed by atoms with van der Waals surface area (Å²) in [5, 5.41) is 14.2. The van der Waals surface area contributed by atoms with Crippen molar-refractivity contribution >= 4 is 12.1 Å². The minimum atomic E-state index is -1.08.